The molecular formula is C18H23NO3. The first-order valence-corrected chi connectivity index (χ1v) is 7.67. The topological polar surface area (TPSA) is 40.5 Å². The number of aryl methyl sites for hydroxylation is 1. The van der Waals surface area contributed by atoms with Gasteiger partial charge in [0.05, 0.1) is 5.69 Å². The fourth-order valence-corrected chi connectivity index (χ4v) is 2.28. The molecule has 0 aliphatic rings. The summed E-state index contributed by atoms with van der Waals surface area (Å²) in [6.07, 6.45) is 2.73. The lowest BCUT2D eigenvalue weighted by Gasteiger charge is -2.15. The van der Waals surface area contributed by atoms with Gasteiger partial charge in [0.2, 0.25) is 5.43 Å². The van der Waals surface area contributed by atoms with Crippen molar-refractivity contribution in [3.05, 3.63) is 64.1 Å². The molecule has 0 fully saturated rings. The minimum atomic E-state index is -0.0745. The van der Waals surface area contributed by atoms with E-state index in [0.29, 0.717) is 12.4 Å². The predicted molar refractivity (Wildman–Crippen MR) is 87.3 cm³/mol. The molecule has 1 aromatic carbocycles. The minimum Gasteiger partial charge on any atom is -0.483 e. The van der Waals surface area contributed by atoms with Crippen LogP contribution < -0.4 is 10.2 Å². The van der Waals surface area contributed by atoms with Gasteiger partial charge in [0.15, 0.2) is 5.75 Å². The number of benzene rings is 1. The van der Waals surface area contributed by atoms with Gasteiger partial charge in [-0.3, -0.25) is 4.79 Å². The van der Waals surface area contributed by atoms with Gasteiger partial charge in [0.1, 0.15) is 6.61 Å². The Hall–Kier alpha value is -2.07. The van der Waals surface area contributed by atoms with Crippen LogP contribution in [-0.2, 0) is 17.9 Å². The van der Waals surface area contributed by atoms with Gasteiger partial charge in [-0.15, -0.1) is 0 Å². The van der Waals surface area contributed by atoms with E-state index in [-0.39, 0.29) is 5.43 Å². The van der Waals surface area contributed by atoms with Crippen molar-refractivity contribution in [2.45, 2.75) is 33.4 Å². The van der Waals surface area contributed by atoms with Crippen molar-refractivity contribution in [3.8, 4) is 5.75 Å². The van der Waals surface area contributed by atoms with Crippen molar-refractivity contribution < 1.29 is 9.47 Å². The van der Waals surface area contributed by atoms with E-state index in [0.717, 1.165) is 37.4 Å². The molecule has 2 rings (SSSR count). The number of nitrogens with zero attached hydrogens (tertiary/aromatic N) is 1. The van der Waals surface area contributed by atoms with Crippen molar-refractivity contribution in [2.24, 2.45) is 0 Å². The number of aromatic nitrogens is 1. The van der Waals surface area contributed by atoms with Crippen LogP contribution >= 0.6 is 0 Å². The van der Waals surface area contributed by atoms with E-state index in [1.54, 1.807) is 6.07 Å². The molecule has 1 aromatic heterocycles. The molecule has 0 amide bonds. The van der Waals surface area contributed by atoms with Crippen LogP contribution in [0.3, 0.4) is 0 Å². The molecule has 118 valence electrons. The Morgan fingerprint density at radius 1 is 1.14 bits per heavy atom. The van der Waals surface area contributed by atoms with Crippen LogP contribution in [-0.4, -0.2) is 17.8 Å². The third-order valence-corrected chi connectivity index (χ3v) is 3.51. The van der Waals surface area contributed by atoms with Gasteiger partial charge in [-0.25, -0.2) is 0 Å². The number of rotatable bonds is 8. The molecule has 0 radical (unpaired) electrons. The molecule has 1 heterocycles. The van der Waals surface area contributed by atoms with Gasteiger partial charge >= 0.3 is 0 Å². The molecule has 22 heavy (non-hydrogen) atoms. The Kier molecular flexibility index (Phi) is 6.22. The number of ether oxygens (including phenoxy) is 2. The first kappa shape index (κ1) is 16.3. The summed E-state index contributed by atoms with van der Waals surface area (Å²) in [6, 6.07) is 11.4. The summed E-state index contributed by atoms with van der Waals surface area (Å²) in [4.78, 5) is 12.0. The van der Waals surface area contributed by atoms with Gasteiger partial charge in [-0.05, 0) is 25.8 Å². The Morgan fingerprint density at radius 3 is 2.64 bits per heavy atom. The second-order valence-corrected chi connectivity index (χ2v) is 5.11. The Labute approximate surface area is 131 Å². The maximum atomic E-state index is 12.0. The summed E-state index contributed by atoms with van der Waals surface area (Å²) in [5.41, 5.74) is 1.84. The zero-order chi connectivity index (χ0) is 15.8. The second kappa shape index (κ2) is 8.39. The quantitative estimate of drug-likeness (QED) is 0.703. The predicted octanol–water partition coefficient (Wildman–Crippen LogP) is 3.16. The zero-order valence-electron chi connectivity index (χ0n) is 13.2. The van der Waals surface area contributed by atoms with Crippen LogP contribution in [0.1, 0.15) is 24.6 Å². The van der Waals surface area contributed by atoms with E-state index in [1.807, 2.05) is 54.9 Å². The van der Waals surface area contributed by atoms with Crippen LogP contribution in [0.2, 0.25) is 0 Å². The summed E-state index contributed by atoms with van der Waals surface area (Å²) < 4.78 is 13.1. The number of hydrogen-bond donors (Lipinski definition) is 0. The second-order valence-electron chi connectivity index (χ2n) is 5.11. The molecular weight excluding hydrogens is 278 g/mol. The Balaban J connectivity index is 2.05. The monoisotopic (exact) mass is 301 g/mol. The average Bonchev–Trinajstić information content (AvgIpc) is 2.54. The Morgan fingerprint density at radius 2 is 1.91 bits per heavy atom. The molecule has 0 bridgehead atoms. The molecule has 0 unspecified atom stereocenters. The summed E-state index contributed by atoms with van der Waals surface area (Å²) in [5.74, 6) is 0.433. The highest BCUT2D eigenvalue weighted by Gasteiger charge is 2.08. The van der Waals surface area contributed by atoms with Crippen LogP contribution in [0.5, 0.6) is 5.75 Å². The van der Waals surface area contributed by atoms with Crippen molar-refractivity contribution in [1.82, 2.24) is 4.57 Å². The standard InChI is InChI=1S/C18H23NO3/c1-3-21-13-7-11-19-12-10-17(20)18(15(19)2)22-14-16-8-5-4-6-9-16/h4-6,8-10,12H,3,7,11,13-14H2,1-2H3. The molecule has 0 spiro atoms. The third kappa shape index (κ3) is 4.46. The normalized spacial score (nSPS) is 10.6. The van der Waals surface area contributed by atoms with Crippen molar-refractivity contribution in [3.63, 3.8) is 0 Å². The average molecular weight is 301 g/mol. The van der Waals surface area contributed by atoms with E-state index in [1.165, 1.54) is 0 Å². The molecule has 0 saturated heterocycles. The lowest BCUT2D eigenvalue weighted by Crippen LogP contribution is -2.15. The molecule has 0 aliphatic carbocycles. The maximum absolute atomic E-state index is 12.0. The largest absolute Gasteiger partial charge is 0.483 e. The fraction of sp³-hybridized carbons (Fsp3) is 0.389. The molecule has 4 nitrogen and oxygen atoms in total. The van der Waals surface area contributed by atoms with E-state index in [2.05, 4.69) is 0 Å². The molecule has 0 N–H and O–H groups in total. The number of hydrogen-bond acceptors (Lipinski definition) is 3. The zero-order valence-corrected chi connectivity index (χ0v) is 13.2. The lowest BCUT2D eigenvalue weighted by molar-refractivity contribution is 0.141. The summed E-state index contributed by atoms with van der Waals surface area (Å²) in [5, 5.41) is 0. The SMILES string of the molecule is CCOCCCn1ccc(=O)c(OCc2ccccc2)c1C. The molecule has 0 saturated carbocycles. The smallest absolute Gasteiger partial charge is 0.223 e. The summed E-state index contributed by atoms with van der Waals surface area (Å²) >= 11 is 0. The van der Waals surface area contributed by atoms with Gasteiger partial charge in [-0.2, -0.15) is 0 Å². The first-order valence-electron chi connectivity index (χ1n) is 7.67. The summed E-state index contributed by atoms with van der Waals surface area (Å²) in [7, 11) is 0. The lowest BCUT2D eigenvalue weighted by atomic mass is 10.2. The summed E-state index contributed by atoms with van der Waals surface area (Å²) in [6.45, 7) is 6.58. The Bertz CT molecular complexity index is 635. The van der Waals surface area contributed by atoms with Crippen molar-refractivity contribution >= 4 is 0 Å². The van der Waals surface area contributed by atoms with E-state index >= 15 is 0 Å². The van der Waals surface area contributed by atoms with Crippen molar-refractivity contribution in [1.29, 1.82) is 0 Å². The van der Waals surface area contributed by atoms with E-state index in [9.17, 15) is 4.79 Å². The van der Waals surface area contributed by atoms with E-state index in [4.69, 9.17) is 9.47 Å². The third-order valence-electron chi connectivity index (χ3n) is 3.51. The van der Waals surface area contributed by atoms with Gasteiger partial charge in [-0.1, -0.05) is 30.3 Å². The fourth-order valence-electron chi connectivity index (χ4n) is 2.28. The first-order chi connectivity index (χ1) is 10.7. The van der Waals surface area contributed by atoms with Crippen LogP contribution in [0.25, 0.3) is 0 Å². The van der Waals surface area contributed by atoms with Crippen molar-refractivity contribution in [2.75, 3.05) is 13.2 Å². The van der Waals surface area contributed by atoms with E-state index < -0.39 is 0 Å². The molecule has 0 aliphatic heterocycles. The van der Waals surface area contributed by atoms with Gasteiger partial charge in [0, 0.05) is 32.0 Å². The minimum absolute atomic E-state index is 0.0745. The number of pyridine rings is 1. The van der Waals surface area contributed by atoms with Gasteiger partial charge < -0.3 is 14.0 Å². The highest BCUT2D eigenvalue weighted by molar-refractivity contribution is 5.28. The van der Waals surface area contributed by atoms with Crippen LogP contribution in [0, 0.1) is 6.92 Å². The van der Waals surface area contributed by atoms with Crippen LogP contribution in [0.4, 0.5) is 0 Å². The van der Waals surface area contributed by atoms with Crippen LogP contribution in [0.15, 0.2) is 47.4 Å². The maximum Gasteiger partial charge on any atom is 0.223 e. The molecule has 2 aromatic rings. The highest BCUT2D eigenvalue weighted by atomic mass is 16.5. The molecule has 0 atom stereocenters. The highest BCUT2D eigenvalue weighted by Crippen LogP contribution is 2.14. The van der Waals surface area contributed by atoms with Gasteiger partial charge in [0.25, 0.3) is 0 Å². The molecule has 4 heteroatoms.